The summed E-state index contributed by atoms with van der Waals surface area (Å²) in [5.74, 6) is 1.38. The van der Waals surface area contributed by atoms with Crippen molar-refractivity contribution in [3.05, 3.63) is 58.4 Å². The lowest BCUT2D eigenvalue weighted by Crippen LogP contribution is -2.29. The van der Waals surface area contributed by atoms with E-state index in [0.29, 0.717) is 33.2 Å². The van der Waals surface area contributed by atoms with Crippen molar-refractivity contribution >= 4 is 40.9 Å². The van der Waals surface area contributed by atoms with Crippen molar-refractivity contribution in [3.8, 4) is 11.5 Å². The van der Waals surface area contributed by atoms with Crippen LogP contribution in [0.2, 0.25) is 5.02 Å². The maximum Gasteiger partial charge on any atom is 0.258 e. The van der Waals surface area contributed by atoms with Crippen LogP contribution < -0.4 is 20.1 Å². The number of amides is 2. The van der Waals surface area contributed by atoms with E-state index in [9.17, 15) is 9.59 Å². The molecular formula is C23H26ClN5O4S. The van der Waals surface area contributed by atoms with Gasteiger partial charge in [-0.3, -0.25) is 9.59 Å². The molecule has 0 unspecified atom stereocenters. The number of hydrogen-bond donors (Lipinski definition) is 2. The van der Waals surface area contributed by atoms with Crippen LogP contribution in [-0.4, -0.2) is 46.0 Å². The number of para-hydroxylation sites is 1. The van der Waals surface area contributed by atoms with Gasteiger partial charge >= 0.3 is 0 Å². The molecular weight excluding hydrogens is 478 g/mol. The second-order valence-corrected chi connectivity index (χ2v) is 8.80. The number of carbonyl (C=O) groups is 2. The summed E-state index contributed by atoms with van der Waals surface area (Å²) in [5, 5.41) is 14.8. The van der Waals surface area contributed by atoms with E-state index in [4.69, 9.17) is 21.1 Å². The molecule has 1 aromatic heterocycles. The highest BCUT2D eigenvalue weighted by Gasteiger charge is 2.14. The van der Waals surface area contributed by atoms with Gasteiger partial charge < -0.3 is 24.7 Å². The number of aromatic nitrogens is 3. The minimum absolute atomic E-state index is 0.0989. The molecule has 0 aliphatic carbocycles. The van der Waals surface area contributed by atoms with Gasteiger partial charge in [0, 0.05) is 12.1 Å². The molecule has 1 heterocycles. The summed E-state index contributed by atoms with van der Waals surface area (Å²) < 4.78 is 12.6. The van der Waals surface area contributed by atoms with Gasteiger partial charge in [-0.1, -0.05) is 41.6 Å². The zero-order valence-electron chi connectivity index (χ0n) is 19.3. The maximum absolute atomic E-state index is 12.4. The Morgan fingerprint density at radius 2 is 1.85 bits per heavy atom. The second-order valence-electron chi connectivity index (χ2n) is 7.43. The van der Waals surface area contributed by atoms with Crippen molar-refractivity contribution in [2.75, 3.05) is 24.8 Å². The first kappa shape index (κ1) is 25.4. The molecule has 2 aromatic carbocycles. The molecule has 0 radical (unpaired) electrons. The molecule has 0 saturated carbocycles. The average molecular weight is 504 g/mol. The maximum atomic E-state index is 12.4. The number of halogens is 1. The van der Waals surface area contributed by atoms with E-state index in [1.807, 2.05) is 32.0 Å². The number of hydrogen-bond acceptors (Lipinski definition) is 7. The van der Waals surface area contributed by atoms with Crippen LogP contribution in [0, 0.1) is 13.8 Å². The van der Waals surface area contributed by atoms with Crippen LogP contribution >= 0.6 is 23.4 Å². The number of aryl methyl sites for hydroxylation is 2. The van der Waals surface area contributed by atoms with Crippen LogP contribution in [0.4, 0.5) is 5.69 Å². The van der Waals surface area contributed by atoms with E-state index in [1.54, 1.807) is 29.8 Å². The highest BCUT2D eigenvalue weighted by molar-refractivity contribution is 7.99. The Bertz CT molecular complexity index is 1160. The van der Waals surface area contributed by atoms with Crippen LogP contribution in [0.3, 0.4) is 0 Å². The molecule has 0 spiro atoms. The van der Waals surface area contributed by atoms with Crippen molar-refractivity contribution in [1.82, 2.24) is 20.1 Å². The summed E-state index contributed by atoms with van der Waals surface area (Å²) in [6.07, 6.45) is 0. The zero-order chi connectivity index (χ0) is 24.7. The lowest BCUT2D eigenvalue weighted by Gasteiger charge is -2.12. The van der Waals surface area contributed by atoms with Crippen molar-refractivity contribution in [3.63, 3.8) is 0 Å². The van der Waals surface area contributed by atoms with Gasteiger partial charge in [-0.15, -0.1) is 10.2 Å². The Morgan fingerprint density at radius 1 is 1.12 bits per heavy atom. The largest absolute Gasteiger partial charge is 0.495 e. The zero-order valence-corrected chi connectivity index (χ0v) is 20.9. The van der Waals surface area contributed by atoms with Crippen LogP contribution in [0.5, 0.6) is 11.5 Å². The Kier molecular flexibility index (Phi) is 8.78. The number of ether oxygens (including phenoxy) is 2. The van der Waals surface area contributed by atoms with E-state index in [2.05, 4.69) is 20.8 Å². The predicted octanol–water partition coefficient (Wildman–Crippen LogP) is 3.52. The van der Waals surface area contributed by atoms with Gasteiger partial charge in [0.1, 0.15) is 11.5 Å². The van der Waals surface area contributed by atoms with Gasteiger partial charge in [0.25, 0.3) is 5.91 Å². The summed E-state index contributed by atoms with van der Waals surface area (Å²) in [4.78, 5) is 24.6. The quantitative estimate of drug-likeness (QED) is 0.407. The lowest BCUT2D eigenvalue weighted by molar-refractivity contribution is -0.123. The minimum Gasteiger partial charge on any atom is -0.495 e. The summed E-state index contributed by atoms with van der Waals surface area (Å²) >= 11 is 7.22. The van der Waals surface area contributed by atoms with E-state index in [1.165, 1.54) is 18.9 Å². The van der Waals surface area contributed by atoms with E-state index in [0.717, 1.165) is 11.1 Å². The van der Waals surface area contributed by atoms with Gasteiger partial charge in [-0.05, 0) is 43.2 Å². The van der Waals surface area contributed by atoms with Gasteiger partial charge in [0.15, 0.2) is 17.6 Å². The highest BCUT2D eigenvalue weighted by atomic mass is 35.5. The van der Waals surface area contributed by atoms with Crippen LogP contribution in [-0.2, 0) is 23.2 Å². The number of thioether (sulfide) groups is 1. The fraction of sp³-hybridized carbons (Fsp3) is 0.304. The molecule has 2 amide bonds. The number of rotatable bonds is 10. The van der Waals surface area contributed by atoms with Crippen molar-refractivity contribution in [2.45, 2.75) is 25.5 Å². The molecule has 0 aliphatic rings. The monoisotopic (exact) mass is 503 g/mol. The summed E-state index contributed by atoms with van der Waals surface area (Å²) in [7, 11) is 3.29. The minimum atomic E-state index is -0.269. The lowest BCUT2D eigenvalue weighted by atomic mass is 10.1. The number of methoxy groups -OCH3 is 1. The Morgan fingerprint density at radius 3 is 2.56 bits per heavy atom. The van der Waals surface area contributed by atoms with Crippen molar-refractivity contribution < 1.29 is 19.1 Å². The second kappa shape index (κ2) is 11.8. The van der Waals surface area contributed by atoms with Crippen LogP contribution in [0.15, 0.2) is 41.6 Å². The van der Waals surface area contributed by atoms with Gasteiger partial charge in [0.2, 0.25) is 5.91 Å². The molecule has 180 valence electrons. The van der Waals surface area contributed by atoms with Crippen LogP contribution in [0.25, 0.3) is 0 Å². The Balaban J connectivity index is 1.48. The molecule has 0 fully saturated rings. The first-order valence-electron chi connectivity index (χ1n) is 10.4. The molecule has 0 bridgehead atoms. The third-order valence-corrected chi connectivity index (χ3v) is 6.15. The summed E-state index contributed by atoms with van der Waals surface area (Å²) in [6.45, 7) is 3.96. The topological polar surface area (TPSA) is 107 Å². The third kappa shape index (κ3) is 6.64. The standard InChI is InChI=1S/C23H26ClN5O4S/c1-14-6-5-7-15(2)22(14)33-12-20(30)25-11-19-27-28-23(29(19)3)34-13-21(31)26-17-10-16(24)8-9-18(17)32-4/h5-10H,11-13H2,1-4H3,(H,25,30)(H,26,31). The molecule has 0 atom stereocenters. The van der Waals surface area contributed by atoms with E-state index >= 15 is 0 Å². The average Bonchev–Trinajstić information content (AvgIpc) is 3.15. The smallest absolute Gasteiger partial charge is 0.258 e. The molecule has 0 aliphatic heterocycles. The molecule has 2 N–H and O–H groups in total. The molecule has 0 saturated heterocycles. The van der Waals surface area contributed by atoms with Crippen molar-refractivity contribution in [2.24, 2.45) is 7.05 Å². The molecule has 11 heteroatoms. The van der Waals surface area contributed by atoms with Gasteiger partial charge in [-0.2, -0.15) is 0 Å². The number of benzene rings is 2. The fourth-order valence-corrected chi connectivity index (χ4v) is 4.01. The normalized spacial score (nSPS) is 10.6. The van der Waals surface area contributed by atoms with E-state index in [-0.39, 0.29) is 30.7 Å². The van der Waals surface area contributed by atoms with Gasteiger partial charge in [0.05, 0.1) is 25.1 Å². The van der Waals surface area contributed by atoms with Crippen molar-refractivity contribution in [1.29, 1.82) is 0 Å². The summed E-state index contributed by atoms with van der Waals surface area (Å²) in [6, 6.07) is 10.8. The summed E-state index contributed by atoms with van der Waals surface area (Å²) in [5.41, 5.74) is 2.44. The number of carbonyl (C=O) groups excluding carboxylic acids is 2. The number of nitrogens with one attached hydrogen (secondary N) is 2. The Labute approximate surface area is 207 Å². The van der Waals surface area contributed by atoms with Crippen LogP contribution in [0.1, 0.15) is 17.0 Å². The molecule has 3 aromatic rings. The molecule has 34 heavy (non-hydrogen) atoms. The first-order valence-corrected chi connectivity index (χ1v) is 11.7. The fourth-order valence-electron chi connectivity index (χ4n) is 3.11. The molecule has 3 rings (SSSR count). The Hall–Kier alpha value is -3.24. The number of anilines is 1. The van der Waals surface area contributed by atoms with E-state index < -0.39 is 0 Å². The highest BCUT2D eigenvalue weighted by Crippen LogP contribution is 2.28. The number of nitrogens with zero attached hydrogens (tertiary/aromatic N) is 3. The SMILES string of the molecule is COc1ccc(Cl)cc1NC(=O)CSc1nnc(CNC(=O)COc2c(C)cccc2C)n1C. The predicted molar refractivity (Wildman–Crippen MR) is 132 cm³/mol. The van der Waals surface area contributed by atoms with Gasteiger partial charge in [-0.25, -0.2) is 0 Å². The first-order chi connectivity index (χ1) is 16.3. The third-order valence-electron chi connectivity index (χ3n) is 4.89. The molecule has 9 nitrogen and oxygen atoms in total.